The van der Waals surface area contributed by atoms with E-state index in [1.165, 1.54) is 5.56 Å². The Morgan fingerprint density at radius 1 is 0.889 bits per heavy atom. The molecule has 0 aliphatic rings. The van der Waals surface area contributed by atoms with Gasteiger partial charge >= 0.3 is 0 Å². The third kappa shape index (κ3) is 6.63. The molecule has 2 aromatic rings. The van der Waals surface area contributed by atoms with E-state index in [0.29, 0.717) is 12.3 Å². The fraction of sp³-hybridized carbons (Fsp3) is 0.435. The van der Waals surface area contributed by atoms with E-state index in [1.807, 2.05) is 62.4 Å². The largest absolute Gasteiger partial charge is 0.491 e. The molecular weight excluding hydrogens is 338 g/mol. The van der Waals surface area contributed by atoms with Crippen LogP contribution in [-0.4, -0.2) is 18.1 Å². The fourth-order valence-electron chi connectivity index (χ4n) is 2.58. The van der Waals surface area contributed by atoms with Gasteiger partial charge < -0.3 is 14.8 Å². The number of benzene rings is 2. The number of carbonyl (C=O) groups excluding carboxylic acids is 1. The van der Waals surface area contributed by atoms with Gasteiger partial charge in [-0.2, -0.15) is 0 Å². The molecular formula is C23H31NO3. The van der Waals surface area contributed by atoms with Crippen LogP contribution in [-0.2, 0) is 16.8 Å². The molecule has 1 N–H and O–H groups in total. The molecule has 2 rings (SSSR count). The molecule has 0 fully saturated rings. The lowest BCUT2D eigenvalue weighted by Crippen LogP contribution is -2.35. The summed E-state index contributed by atoms with van der Waals surface area (Å²) >= 11 is 0. The molecule has 0 bridgehead atoms. The topological polar surface area (TPSA) is 47.6 Å². The third-order valence-corrected chi connectivity index (χ3v) is 4.16. The molecule has 0 saturated carbocycles. The summed E-state index contributed by atoms with van der Waals surface area (Å²) in [6.07, 6.45) is -0.417. The summed E-state index contributed by atoms with van der Waals surface area (Å²) in [5.74, 6) is 1.38. The Bertz CT molecular complexity index is 728. The number of amides is 1. The van der Waals surface area contributed by atoms with Gasteiger partial charge in [0.15, 0.2) is 6.10 Å². The van der Waals surface area contributed by atoms with Gasteiger partial charge in [0.2, 0.25) is 0 Å². The van der Waals surface area contributed by atoms with E-state index in [4.69, 9.17) is 9.47 Å². The number of nitrogens with one attached hydrogen (secondary N) is 1. The van der Waals surface area contributed by atoms with Crippen LogP contribution < -0.4 is 14.8 Å². The van der Waals surface area contributed by atoms with Crippen LogP contribution in [0.5, 0.6) is 11.5 Å². The Balaban J connectivity index is 1.85. The number of carbonyl (C=O) groups is 1. The first kappa shape index (κ1) is 20.8. The van der Waals surface area contributed by atoms with Gasteiger partial charge in [0.1, 0.15) is 11.5 Å². The maximum absolute atomic E-state index is 12.3. The second kappa shape index (κ2) is 8.94. The van der Waals surface area contributed by atoms with Crippen LogP contribution >= 0.6 is 0 Å². The van der Waals surface area contributed by atoms with E-state index in [-0.39, 0.29) is 17.4 Å². The lowest BCUT2D eigenvalue weighted by molar-refractivity contribution is -0.127. The van der Waals surface area contributed by atoms with E-state index in [9.17, 15) is 4.79 Å². The summed E-state index contributed by atoms with van der Waals surface area (Å²) in [7, 11) is 0. The van der Waals surface area contributed by atoms with E-state index in [0.717, 1.165) is 11.3 Å². The highest BCUT2D eigenvalue weighted by Crippen LogP contribution is 2.24. The molecule has 146 valence electrons. The first-order valence-electron chi connectivity index (χ1n) is 9.45. The van der Waals surface area contributed by atoms with Crippen LogP contribution in [0, 0.1) is 0 Å². The second-order valence-electron chi connectivity index (χ2n) is 8.06. The summed E-state index contributed by atoms with van der Waals surface area (Å²) in [5.41, 5.74) is 2.34. The van der Waals surface area contributed by atoms with Gasteiger partial charge in [0.05, 0.1) is 6.10 Å². The van der Waals surface area contributed by atoms with Crippen molar-refractivity contribution in [1.29, 1.82) is 0 Å². The van der Waals surface area contributed by atoms with Crippen molar-refractivity contribution in [2.24, 2.45) is 0 Å². The maximum atomic E-state index is 12.3. The van der Waals surface area contributed by atoms with Crippen molar-refractivity contribution in [2.75, 3.05) is 0 Å². The zero-order valence-electron chi connectivity index (χ0n) is 17.2. The Kier molecular flexibility index (Phi) is 6.89. The average Bonchev–Trinajstić information content (AvgIpc) is 2.60. The quantitative estimate of drug-likeness (QED) is 0.758. The molecule has 0 radical (unpaired) electrons. The normalized spacial score (nSPS) is 12.6. The lowest BCUT2D eigenvalue weighted by atomic mass is 9.87. The van der Waals surface area contributed by atoms with Crippen LogP contribution in [0.1, 0.15) is 52.7 Å². The van der Waals surface area contributed by atoms with Crippen LogP contribution in [0.25, 0.3) is 0 Å². The van der Waals surface area contributed by atoms with Crippen molar-refractivity contribution in [1.82, 2.24) is 5.32 Å². The molecule has 0 saturated heterocycles. The number of rotatable bonds is 7. The molecule has 1 atom stereocenters. The molecule has 0 aliphatic carbocycles. The molecule has 0 spiro atoms. The van der Waals surface area contributed by atoms with Crippen LogP contribution in [0.2, 0.25) is 0 Å². The molecule has 0 heterocycles. The van der Waals surface area contributed by atoms with Crippen molar-refractivity contribution in [3.8, 4) is 11.5 Å². The van der Waals surface area contributed by atoms with E-state index < -0.39 is 6.10 Å². The molecule has 4 nitrogen and oxygen atoms in total. The summed E-state index contributed by atoms with van der Waals surface area (Å²) in [4.78, 5) is 12.3. The molecule has 1 amide bonds. The Hall–Kier alpha value is -2.49. The Labute approximate surface area is 162 Å². The summed E-state index contributed by atoms with van der Waals surface area (Å²) in [5, 5.41) is 2.91. The van der Waals surface area contributed by atoms with Crippen molar-refractivity contribution in [3.05, 3.63) is 59.7 Å². The molecule has 0 unspecified atom stereocenters. The predicted molar refractivity (Wildman–Crippen MR) is 109 cm³/mol. The van der Waals surface area contributed by atoms with Gasteiger partial charge in [-0.05, 0) is 61.6 Å². The standard InChI is InChI=1S/C23H31NO3/c1-16(2)26-20-11-7-18(8-12-20)15-24-22(25)17(3)27-21-13-9-19(10-14-21)23(4,5)6/h7-14,16-17H,15H2,1-6H3,(H,24,25)/t17-/m0/s1. The number of hydrogen-bond donors (Lipinski definition) is 1. The summed E-state index contributed by atoms with van der Waals surface area (Å²) in [6, 6.07) is 15.6. The van der Waals surface area contributed by atoms with Gasteiger partial charge in [-0.3, -0.25) is 4.79 Å². The van der Waals surface area contributed by atoms with E-state index >= 15 is 0 Å². The van der Waals surface area contributed by atoms with Gasteiger partial charge in [0.25, 0.3) is 5.91 Å². The minimum absolute atomic E-state index is 0.0945. The van der Waals surface area contributed by atoms with E-state index in [1.54, 1.807) is 6.92 Å². The molecule has 2 aromatic carbocycles. The second-order valence-corrected chi connectivity index (χ2v) is 8.06. The highest BCUT2D eigenvalue weighted by Gasteiger charge is 2.16. The Morgan fingerprint density at radius 2 is 1.41 bits per heavy atom. The minimum Gasteiger partial charge on any atom is -0.491 e. The summed E-state index contributed by atoms with van der Waals surface area (Å²) < 4.78 is 11.4. The number of hydrogen-bond acceptors (Lipinski definition) is 3. The summed E-state index contributed by atoms with van der Waals surface area (Å²) in [6.45, 7) is 12.7. The smallest absolute Gasteiger partial charge is 0.261 e. The first-order chi connectivity index (χ1) is 12.6. The monoisotopic (exact) mass is 369 g/mol. The maximum Gasteiger partial charge on any atom is 0.261 e. The van der Waals surface area contributed by atoms with Crippen LogP contribution in [0.15, 0.2) is 48.5 Å². The zero-order valence-corrected chi connectivity index (χ0v) is 17.2. The molecule has 0 aliphatic heterocycles. The van der Waals surface area contributed by atoms with Crippen molar-refractivity contribution in [3.63, 3.8) is 0 Å². The minimum atomic E-state index is -0.561. The van der Waals surface area contributed by atoms with Crippen molar-refractivity contribution < 1.29 is 14.3 Å². The van der Waals surface area contributed by atoms with Crippen molar-refractivity contribution in [2.45, 2.75) is 65.7 Å². The van der Waals surface area contributed by atoms with Gasteiger partial charge in [0, 0.05) is 6.54 Å². The highest BCUT2D eigenvalue weighted by atomic mass is 16.5. The van der Waals surface area contributed by atoms with Gasteiger partial charge in [-0.15, -0.1) is 0 Å². The van der Waals surface area contributed by atoms with E-state index in [2.05, 4.69) is 26.1 Å². The fourth-order valence-corrected chi connectivity index (χ4v) is 2.58. The number of ether oxygens (including phenoxy) is 2. The van der Waals surface area contributed by atoms with Crippen LogP contribution in [0.3, 0.4) is 0 Å². The molecule has 27 heavy (non-hydrogen) atoms. The molecule has 4 heteroatoms. The lowest BCUT2D eigenvalue weighted by Gasteiger charge is -2.20. The zero-order chi connectivity index (χ0) is 20.0. The average molecular weight is 370 g/mol. The van der Waals surface area contributed by atoms with Gasteiger partial charge in [-0.25, -0.2) is 0 Å². The van der Waals surface area contributed by atoms with Crippen molar-refractivity contribution >= 4 is 5.91 Å². The SMILES string of the molecule is CC(C)Oc1ccc(CNC(=O)[C@H](C)Oc2ccc(C(C)(C)C)cc2)cc1. The molecule has 0 aromatic heterocycles. The highest BCUT2D eigenvalue weighted by molar-refractivity contribution is 5.80. The van der Waals surface area contributed by atoms with Gasteiger partial charge in [-0.1, -0.05) is 45.0 Å². The first-order valence-corrected chi connectivity index (χ1v) is 9.45. The Morgan fingerprint density at radius 3 is 1.93 bits per heavy atom. The van der Waals surface area contributed by atoms with Crippen LogP contribution in [0.4, 0.5) is 0 Å². The third-order valence-electron chi connectivity index (χ3n) is 4.16. The predicted octanol–water partition coefficient (Wildman–Crippen LogP) is 4.86.